The lowest BCUT2D eigenvalue weighted by Gasteiger charge is -2.01. The third kappa shape index (κ3) is 1.69. The number of halogens is 1. The molecule has 0 atom stereocenters. The summed E-state index contributed by atoms with van der Waals surface area (Å²) >= 11 is 12.7. The summed E-state index contributed by atoms with van der Waals surface area (Å²) in [5.74, 6) is 0. The average molecular weight is 319 g/mol. The van der Waals surface area contributed by atoms with Gasteiger partial charge in [0.25, 0.3) is 0 Å². The van der Waals surface area contributed by atoms with E-state index in [0.29, 0.717) is 4.77 Å². The van der Waals surface area contributed by atoms with Crippen molar-refractivity contribution < 1.29 is 0 Å². The van der Waals surface area contributed by atoms with Crippen molar-refractivity contribution in [1.82, 2.24) is 19.6 Å². The zero-order valence-corrected chi connectivity index (χ0v) is 12.4. The molecule has 0 saturated carbocycles. The van der Waals surface area contributed by atoms with E-state index in [1.54, 1.807) is 22.1 Å². The fraction of sp³-hybridized carbons (Fsp3) is 0. The molecule has 4 aromatic rings. The molecule has 4 rings (SSSR count). The molecule has 7 heteroatoms. The minimum atomic E-state index is 0.544. The summed E-state index contributed by atoms with van der Waals surface area (Å²) in [5.41, 5.74) is 2.98. The lowest BCUT2D eigenvalue weighted by atomic mass is 10.1. The Kier molecular flexibility index (Phi) is 2.63. The molecule has 0 amide bonds. The number of H-pyrrole nitrogens is 1. The summed E-state index contributed by atoms with van der Waals surface area (Å²) in [7, 11) is 0. The normalized spacial score (nSPS) is 11.4. The van der Waals surface area contributed by atoms with Gasteiger partial charge in [-0.3, -0.25) is 9.50 Å². The van der Waals surface area contributed by atoms with Crippen molar-refractivity contribution >= 4 is 51.0 Å². The van der Waals surface area contributed by atoms with Crippen molar-refractivity contribution in [2.45, 2.75) is 0 Å². The first-order valence-corrected chi connectivity index (χ1v) is 7.49. The van der Waals surface area contributed by atoms with Crippen molar-refractivity contribution in [2.75, 3.05) is 0 Å². The molecule has 0 aliphatic carbocycles. The predicted molar refractivity (Wildman–Crippen MR) is 84.0 cm³/mol. The van der Waals surface area contributed by atoms with E-state index in [1.807, 2.05) is 24.3 Å². The van der Waals surface area contributed by atoms with E-state index in [-0.39, 0.29) is 0 Å². The van der Waals surface area contributed by atoms with Gasteiger partial charge >= 0.3 is 0 Å². The minimum Gasteiger partial charge on any atom is -0.258 e. The number of fused-ring (bicyclic) bond motifs is 3. The highest BCUT2D eigenvalue weighted by molar-refractivity contribution is 7.71. The average Bonchev–Trinajstić information content (AvgIpc) is 3.04. The number of aromatic nitrogens is 4. The van der Waals surface area contributed by atoms with Gasteiger partial charge in [-0.25, -0.2) is 4.98 Å². The molecule has 0 unspecified atom stereocenters. The summed E-state index contributed by atoms with van der Waals surface area (Å²) in [5, 5.41) is 10.9. The van der Waals surface area contributed by atoms with Crippen LogP contribution in [0.3, 0.4) is 0 Å². The molecular weight excluding hydrogens is 312 g/mol. The van der Waals surface area contributed by atoms with Gasteiger partial charge in [-0.05, 0) is 29.9 Å². The number of benzene rings is 1. The molecule has 1 aromatic carbocycles. The molecule has 98 valence electrons. The van der Waals surface area contributed by atoms with E-state index in [4.69, 9.17) is 23.8 Å². The Morgan fingerprint density at radius 1 is 1.25 bits per heavy atom. The van der Waals surface area contributed by atoms with E-state index >= 15 is 0 Å². The van der Waals surface area contributed by atoms with Crippen LogP contribution in [0.2, 0.25) is 5.02 Å². The zero-order chi connectivity index (χ0) is 13.7. The lowest BCUT2D eigenvalue weighted by Crippen LogP contribution is -1.88. The maximum absolute atomic E-state index is 5.94. The van der Waals surface area contributed by atoms with Gasteiger partial charge in [-0.15, -0.1) is 11.3 Å². The quantitative estimate of drug-likeness (QED) is 0.532. The molecule has 0 bridgehead atoms. The Morgan fingerprint density at radius 2 is 2.05 bits per heavy atom. The summed E-state index contributed by atoms with van der Waals surface area (Å²) in [4.78, 5) is 5.38. The summed E-state index contributed by atoms with van der Waals surface area (Å²) in [6.45, 7) is 0. The maximum Gasteiger partial charge on any atom is 0.200 e. The van der Waals surface area contributed by atoms with Crippen LogP contribution >= 0.6 is 35.2 Å². The third-order valence-electron chi connectivity index (χ3n) is 3.15. The van der Waals surface area contributed by atoms with Gasteiger partial charge in [0.15, 0.2) is 5.65 Å². The van der Waals surface area contributed by atoms with Gasteiger partial charge in [0.1, 0.15) is 11.2 Å². The first-order chi connectivity index (χ1) is 9.74. The lowest BCUT2D eigenvalue weighted by molar-refractivity contribution is 1.06. The first kappa shape index (κ1) is 12.0. The molecule has 0 aliphatic rings. The molecular formula is C13H7ClN4S2. The van der Waals surface area contributed by atoms with Crippen LogP contribution in [0.1, 0.15) is 0 Å². The van der Waals surface area contributed by atoms with E-state index in [2.05, 4.69) is 20.6 Å². The Labute approximate surface area is 127 Å². The first-order valence-electron chi connectivity index (χ1n) is 5.83. The molecule has 0 radical (unpaired) electrons. The summed E-state index contributed by atoms with van der Waals surface area (Å²) in [6, 6.07) is 7.75. The SMILES string of the molecule is S=c1[nH]nc2c3c(-c4ccc(Cl)cc4)csc3ncn12. The molecule has 20 heavy (non-hydrogen) atoms. The van der Waals surface area contributed by atoms with Gasteiger partial charge in [0, 0.05) is 16.0 Å². The van der Waals surface area contributed by atoms with E-state index in [1.165, 1.54) is 0 Å². The van der Waals surface area contributed by atoms with E-state index in [0.717, 1.165) is 32.0 Å². The Bertz CT molecular complexity index is 981. The van der Waals surface area contributed by atoms with E-state index < -0.39 is 0 Å². The Balaban J connectivity index is 2.12. The number of aromatic amines is 1. The molecule has 0 spiro atoms. The topological polar surface area (TPSA) is 46.0 Å². The number of hydrogen-bond acceptors (Lipinski definition) is 4. The van der Waals surface area contributed by atoms with Gasteiger partial charge in [0.05, 0.1) is 5.39 Å². The maximum atomic E-state index is 5.94. The number of rotatable bonds is 1. The molecule has 0 saturated heterocycles. The van der Waals surface area contributed by atoms with Crippen molar-refractivity contribution in [1.29, 1.82) is 0 Å². The summed E-state index contributed by atoms with van der Waals surface area (Å²) in [6.07, 6.45) is 1.70. The number of nitrogens with one attached hydrogen (secondary N) is 1. The van der Waals surface area contributed by atoms with Crippen molar-refractivity contribution in [3.63, 3.8) is 0 Å². The molecule has 0 aliphatic heterocycles. The highest BCUT2D eigenvalue weighted by Crippen LogP contribution is 2.35. The Morgan fingerprint density at radius 3 is 2.85 bits per heavy atom. The third-order valence-corrected chi connectivity index (χ3v) is 4.57. The Hall–Kier alpha value is -1.76. The van der Waals surface area contributed by atoms with E-state index in [9.17, 15) is 0 Å². The molecule has 3 heterocycles. The minimum absolute atomic E-state index is 0.544. The van der Waals surface area contributed by atoms with Crippen molar-refractivity contribution in [3.05, 3.63) is 45.8 Å². The van der Waals surface area contributed by atoms with Crippen LogP contribution in [0.15, 0.2) is 36.0 Å². The largest absolute Gasteiger partial charge is 0.258 e. The molecule has 1 N–H and O–H groups in total. The van der Waals surface area contributed by atoms with Gasteiger partial charge in [-0.1, -0.05) is 23.7 Å². The standard InChI is InChI=1S/C13H7ClN4S2/c14-8-3-1-7(2-4-8)9-5-20-12-10(9)11-16-17-13(19)18(11)6-15-12/h1-6H,(H,17,19). The zero-order valence-electron chi connectivity index (χ0n) is 10.0. The second-order valence-corrected chi connectivity index (χ2v) is 5.98. The smallest absolute Gasteiger partial charge is 0.200 e. The number of nitrogens with zero attached hydrogens (tertiary/aromatic N) is 3. The molecule has 3 aromatic heterocycles. The second-order valence-electron chi connectivity index (χ2n) is 4.30. The fourth-order valence-electron chi connectivity index (χ4n) is 2.20. The van der Waals surface area contributed by atoms with Crippen molar-refractivity contribution in [3.8, 4) is 11.1 Å². The fourth-order valence-corrected chi connectivity index (χ4v) is 3.41. The predicted octanol–water partition coefficient (Wildman–Crippen LogP) is 4.32. The van der Waals surface area contributed by atoms with Gasteiger partial charge < -0.3 is 0 Å². The van der Waals surface area contributed by atoms with Crippen LogP contribution in [0.5, 0.6) is 0 Å². The monoisotopic (exact) mass is 318 g/mol. The molecule has 0 fully saturated rings. The van der Waals surface area contributed by atoms with Crippen LogP contribution in [0.25, 0.3) is 27.0 Å². The van der Waals surface area contributed by atoms with Crippen LogP contribution in [0, 0.1) is 4.77 Å². The van der Waals surface area contributed by atoms with Crippen LogP contribution in [-0.4, -0.2) is 19.6 Å². The number of hydrogen-bond donors (Lipinski definition) is 1. The van der Waals surface area contributed by atoms with Crippen LogP contribution in [-0.2, 0) is 0 Å². The second kappa shape index (κ2) is 4.37. The number of thiophene rings is 1. The van der Waals surface area contributed by atoms with Gasteiger partial charge in [-0.2, -0.15) is 5.10 Å². The highest BCUT2D eigenvalue weighted by atomic mass is 35.5. The van der Waals surface area contributed by atoms with Gasteiger partial charge in [0.2, 0.25) is 4.77 Å². The summed E-state index contributed by atoms with van der Waals surface area (Å²) < 4.78 is 2.33. The molecule has 4 nitrogen and oxygen atoms in total. The van der Waals surface area contributed by atoms with Crippen molar-refractivity contribution in [2.24, 2.45) is 0 Å². The highest BCUT2D eigenvalue weighted by Gasteiger charge is 2.13. The van der Waals surface area contributed by atoms with Crippen LogP contribution < -0.4 is 0 Å². The van der Waals surface area contributed by atoms with Crippen LogP contribution in [0.4, 0.5) is 0 Å².